The lowest BCUT2D eigenvalue weighted by molar-refractivity contribution is -0.395. The van der Waals surface area contributed by atoms with Crippen LogP contribution in [0.15, 0.2) is 75.8 Å². The van der Waals surface area contributed by atoms with Crippen molar-refractivity contribution in [2.75, 3.05) is 16.8 Å². The van der Waals surface area contributed by atoms with Gasteiger partial charge >= 0.3 is 5.69 Å². The second-order valence-corrected chi connectivity index (χ2v) is 8.74. The molecule has 0 spiro atoms. The number of amides is 1. The third-order valence-corrected chi connectivity index (χ3v) is 5.87. The molecule has 0 aliphatic carbocycles. The highest BCUT2D eigenvalue weighted by atomic mass is 32.2. The van der Waals surface area contributed by atoms with Gasteiger partial charge in [-0.2, -0.15) is 10.5 Å². The fourth-order valence-corrected chi connectivity index (χ4v) is 4.05. The number of nitrogens with one attached hydrogen (secondary N) is 1. The Morgan fingerprint density at radius 2 is 1.69 bits per heavy atom. The minimum Gasteiger partial charge on any atom is -0.366 e. The fourth-order valence-electron chi connectivity index (χ4n) is 3.54. The van der Waals surface area contributed by atoms with Crippen molar-refractivity contribution in [3.8, 4) is 11.5 Å². The van der Waals surface area contributed by atoms with Crippen molar-refractivity contribution in [1.82, 2.24) is 0 Å². The van der Waals surface area contributed by atoms with E-state index >= 15 is 0 Å². The van der Waals surface area contributed by atoms with Crippen LogP contribution >= 0.6 is 11.8 Å². The molecular weight excluding hydrogens is 524 g/mol. The highest BCUT2D eigenvalue weighted by molar-refractivity contribution is 8.03. The Morgan fingerprint density at radius 1 is 1.00 bits per heavy atom. The highest BCUT2D eigenvalue weighted by Gasteiger charge is 2.25. The molecular formula is C25H20N8O5S. The van der Waals surface area contributed by atoms with E-state index in [-0.39, 0.29) is 28.4 Å². The van der Waals surface area contributed by atoms with E-state index in [1.165, 1.54) is 6.92 Å². The number of thioether (sulfide) groups is 1. The van der Waals surface area contributed by atoms with Crippen molar-refractivity contribution < 1.29 is 14.6 Å². The van der Waals surface area contributed by atoms with E-state index in [0.717, 1.165) is 17.7 Å². The molecule has 0 heterocycles. The quantitative estimate of drug-likeness (QED) is 0.0938. The molecule has 3 aromatic carbocycles. The van der Waals surface area contributed by atoms with E-state index in [0.29, 0.717) is 30.5 Å². The second kappa shape index (κ2) is 13.3. The van der Waals surface area contributed by atoms with Crippen LogP contribution in [0.4, 0.5) is 34.1 Å². The molecule has 0 aliphatic heterocycles. The fraction of sp³-hybridized carbons (Fsp3) is 0.160. The molecule has 0 saturated carbocycles. The van der Waals surface area contributed by atoms with E-state index in [4.69, 9.17) is 10.5 Å². The number of nitro benzene ring substituents is 2. The predicted molar refractivity (Wildman–Crippen MR) is 144 cm³/mol. The summed E-state index contributed by atoms with van der Waals surface area (Å²) in [5.41, 5.74) is 0.539. The molecule has 0 radical (unpaired) electrons. The molecule has 39 heavy (non-hydrogen) atoms. The van der Waals surface area contributed by atoms with E-state index < -0.39 is 27.1 Å². The van der Waals surface area contributed by atoms with E-state index in [1.807, 2.05) is 35.2 Å². The van der Waals surface area contributed by atoms with Crippen LogP contribution in [0.2, 0.25) is 0 Å². The number of azo groups is 1. The number of carbonyl (C=O) groups excluding carboxylic acids is 1. The van der Waals surface area contributed by atoms with Gasteiger partial charge in [0.25, 0.3) is 5.69 Å². The molecule has 0 atom stereocenters. The van der Waals surface area contributed by atoms with Crippen LogP contribution in [0, 0.1) is 42.2 Å². The van der Waals surface area contributed by atoms with Gasteiger partial charge in [0.05, 0.1) is 34.1 Å². The van der Waals surface area contributed by atoms with Crippen molar-refractivity contribution in [3.05, 3.63) is 86.5 Å². The van der Waals surface area contributed by atoms with Gasteiger partial charge < -0.3 is 10.2 Å². The summed E-state index contributed by atoms with van der Waals surface area (Å²) < 4.78 is 0. The maximum absolute atomic E-state index is 11.9. The van der Waals surface area contributed by atoms with Gasteiger partial charge in [-0.15, -0.1) is 10.2 Å². The standard InChI is InChI=1S/C25H20N8O5S/c1-17(34)28-21-12-19(31(11-5-10-26)15-18-6-3-2-4-7-18)8-9-20(21)29-30-22-13-25(39-16-27)24(33(37)38)14-23(22)32(35)36/h2-4,6-9,12-14H,5,11,15H2,1H3,(H,28,34). The number of carbonyl (C=O) groups is 1. The van der Waals surface area contributed by atoms with Gasteiger partial charge in [0.1, 0.15) is 16.0 Å². The smallest absolute Gasteiger partial charge is 0.303 e. The number of nitriles is 2. The number of benzene rings is 3. The van der Waals surface area contributed by atoms with Gasteiger partial charge in [0, 0.05) is 25.7 Å². The lowest BCUT2D eigenvalue weighted by Gasteiger charge is -2.25. The SMILES string of the molecule is CC(=O)Nc1cc(N(CCC#N)Cc2ccccc2)ccc1N=Nc1cc(SC#N)c([N+](=O)[O-])cc1[N+](=O)[O-]. The van der Waals surface area contributed by atoms with Crippen molar-refractivity contribution in [2.45, 2.75) is 24.8 Å². The average Bonchev–Trinajstić information content (AvgIpc) is 2.90. The van der Waals surface area contributed by atoms with Crippen LogP contribution in [0.3, 0.4) is 0 Å². The normalized spacial score (nSPS) is 10.4. The largest absolute Gasteiger partial charge is 0.366 e. The number of nitrogens with zero attached hydrogens (tertiary/aromatic N) is 7. The van der Waals surface area contributed by atoms with E-state index in [9.17, 15) is 25.0 Å². The van der Waals surface area contributed by atoms with Crippen LogP contribution < -0.4 is 10.2 Å². The Bertz CT molecular complexity index is 1520. The molecule has 1 N–H and O–H groups in total. The predicted octanol–water partition coefficient (Wildman–Crippen LogP) is 6.37. The van der Waals surface area contributed by atoms with Gasteiger partial charge in [-0.05, 0) is 41.6 Å². The van der Waals surface area contributed by atoms with Crippen molar-refractivity contribution in [3.63, 3.8) is 0 Å². The van der Waals surface area contributed by atoms with Crippen LogP contribution in [-0.4, -0.2) is 22.3 Å². The van der Waals surface area contributed by atoms with E-state index in [1.54, 1.807) is 23.6 Å². The van der Waals surface area contributed by atoms with Gasteiger partial charge in [-0.25, -0.2) is 0 Å². The lowest BCUT2D eigenvalue weighted by Crippen LogP contribution is -2.23. The van der Waals surface area contributed by atoms with Gasteiger partial charge in [0.15, 0.2) is 5.69 Å². The zero-order valence-corrected chi connectivity index (χ0v) is 21.3. The molecule has 0 aromatic heterocycles. The molecule has 1 amide bonds. The Hall–Kier alpha value is -5.34. The van der Waals surface area contributed by atoms with E-state index in [2.05, 4.69) is 21.6 Å². The molecule has 0 fully saturated rings. The number of hydrogen-bond donors (Lipinski definition) is 1. The Kier molecular flexibility index (Phi) is 9.61. The molecule has 0 aliphatic rings. The van der Waals surface area contributed by atoms with Crippen molar-refractivity contribution >= 4 is 51.8 Å². The summed E-state index contributed by atoms with van der Waals surface area (Å²) in [6.07, 6.45) is 0.261. The van der Waals surface area contributed by atoms with Crippen LogP contribution in [0.5, 0.6) is 0 Å². The molecule has 196 valence electrons. The number of anilines is 2. The number of nitro groups is 2. The summed E-state index contributed by atoms with van der Waals surface area (Å²) in [5, 5.41) is 53.4. The van der Waals surface area contributed by atoms with Gasteiger partial charge in [0.2, 0.25) is 5.91 Å². The third-order valence-electron chi connectivity index (χ3n) is 5.24. The number of thiocyanates is 1. The minimum absolute atomic E-state index is 0.131. The summed E-state index contributed by atoms with van der Waals surface area (Å²) in [5.74, 6) is -0.399. The summed E-state index contributed by atoms with van der Waals surface area (Å²) in [6.45, 7) is 2.22. The minimum atomic E-state index is -0.837. The first kappa shape index (κ1) is 28.2. The highest BCUT2D eigenvalue weighted by Crippen LogP contribution is 2.40. The van der Waals surface area contributed by atoms with Gasteiger partial charge in [-0.1, -0.05) is 30.3 Å². The zero-order chi connectivity index (χ0) is 28.4. The van der Waals surface area contributed by atoms with Crippen LogP contribution in [0.25, 0.3) is 0 Å². The monoisotopic (exact) mass is 544 g/mol. The molecule has 0 unspecified atom stereocenters. The maximum Gasteiger partial charge on any atom is 0.303 e. The molecule has 0 saturated heterocycles. The third kappa shape index (κ3) is 7.58. The first-order valence-corrected chi connectivity index (χ1v) is 12.1. The van der Waals surface area contributed by atoms with Gasteiger partial charge in [-0.3, -0.25) is 25.0 Å². The molecule has 3 aromatic rings. The number of hydrogen-bond acceptors (Lipinski definition) is 11. The molecule has 0 bridgehead atoms. The first-order chi connectivity index (χ1) is 18.7. The summed E-state index contributed by atoms with van der Waals surface area (Å²) in [7, 11) is 0. The maximum atomic E-state index is 11.9. The van der Waals surface area contributed by atoms with Crippen molar-refractivity contribution in [1.29, 1.82) is 10.5 Å². The average molecular weight is 545 g/mol. The summed E-state index contributed by atoms with van der Waals surface area (Å²) in [6, 6.07) is 18.4. The lowest BCUT2D eigenvalue weighted by atomic mass is 10.1. The first-order valence-electron chi connectivity index (χ1n) is 11.3. The molecule has 14 heteroatoms. The zero-order valence-electron chi connectivity index (χ0n) is 20.5. The summed E-state index contributed by atoms with van der Waals surface area (Å²) in [4.78, 5) is 35.0. The second-order valence-electron chi connectivity index (χ2n) is 7.91. The number of rotatable bonds is 11. The van der Waals surface area contributed by atoms with Crippen LogP contribution in [-0.2, 0) is 11.3 Å². The Morgan fingerprint density at radius 3 is 2.31 bits per heavy atom. The molecule has 3 rings (SSSR count). The van der Waals surface area contributed by atoms with Crippen molar-refractivity contribution in [2.24, 2.45) is 10.2 Å². The Balaban J connectivity index is 2.05. The topological polar surface area (TPSA) is 191 Å². The van der Waals surface area contributed by atoms with Crippen LogP contribution in [0.1, 0.15) is 18.9 Å². The summed E-state index contributed by atoms with van der Waals surface area (Å²) >= 11 is 0.464. The Labute approximate surface area is 226 Å². The molecule has 13 nitrogen and oxygen atoms in total.